The van der Waals surface area contributed by atoms with Crippen LogP contribution in [-0.4, -0.2) is 21.0 Å². The summed E-state index contributed by atoms with van der Waals surface area (Å²) in [4.78, 5) is 20.1. The van der Waals surface area contributed by atoms with Crippen LogP contribution in [-0.2, 0) is 17.4 Å². The van der Waals surface area contributed by atoms with Gasteiger partial charge in [0, 0.05) is 12.5 Å². The molecule has 0 aliphatic rings. The van der Waals surface area contributed by atoms with Gasteiger partial charge >= 0.3 is 12.1 Å². The number of furan rings is 1. The van der Waals surface area contributed by atoms with E-state index in [-0.39, 0.29) is 11.6 Å². The minimum absolute atomic E-state index is 0.160. The highest BCUT2D eigenvalue weighted by atomic mass is 79.9. The Labute approximate surface area is 171 Å². The van der Waals surface area contributed by atoms with Crippen LogP contribution in [0.4, 0.5) is 19.0 Å². The van der Waals surface area contributed by atoms with Crippen LogP contribution in [0.5, 0.6) is 0 Å². The minimum atomic E-state index is -4.66. The van der Waals surface area contributed by atoms with Crippen molar-refractivity contribution < 1.29 is 27.5 Å². The number of hydrogen-bond acceptors (Lipinski definition) is 5. The molecule has 2 aromatic heterocycles. The summed E-state index contributed by atoms with van der Waals surface area (Å²) in [6.45, 7) is 0. The van der Waals surface area contributed by atoms with E-state index in [1.807, 2.05) is 30.3 Å². The lowest BCUT2D eigenvalue weighted by Gasteiger charge is -2.11. The van der Waals surface area contributed by atoms with Gasteiger partial charge in [-0.2, -0.15) is 13.2 Å². The standard InChI is InChI=1S/C19H13BrF3N3O3/c20-16-10-24-17(13(25-16)8-11-4-2-1-3-5-11)26-14(18(27)28)9-12-6-7-15(29-12)19(21,22)23/h1-7,9-10H,8H2,(H,24,26)(H,27,28)/b14-9-. The van der Waals surface area contributed by atoms with Crippen LogP contribution in [0, 0.1) is 0 Å². The summed E-state index contributed by atoms with van der Waals surface area (Å²) >= 11 is 3.23. The Morgan fingerprint density at radius 2 is 1.93 bits per heavy atom. The smallest absolute Gasteiger partial charge is 0.449 e. The Balaban J connectivity index is 1.91. The average molecular weight is 468 g/mol. The normalized spacial score (nSPS) is 12.1. The number of aromatic nitrogens is 2. The maximum atomic E-state index is 12.7. The number of carboxylic acid groups (broad SMARTS) is 1. The molecule has 0 fully saturated rings. The Hall–Kier alpha value is -3.14. The highest BCUT2D eigenvalue weighted by Crippen LogP contribution is 2.31. The molecule has 29 heavy (non-hydrogen) atoms. The van der Waals surface area contributed by atoms with Gasteiger partial charge in [-0.15, -0.1) is 0 Å². The molecular weight excluding hydrogens is 455 g/mol. The molecule has 0 bridgehead atoms. The predicted molar refractivity (Wildman–Crippen MR) is 102 cm³/mol. The molecule has 6 nitrogen and oxygen atoms in total. The predicted octanol–water partition coefficient (Wildman–Crippen LogP) is 4.98. The van der Waals surface area contributed by atoms with Gasteiger partial charge in [-0.1, -0.05) is 30.3 Å². The molecule has 2 N–H and O–H groups in total. The van der Waals surface area contributed by atoms with Crippen LogP contribution in [0.25, 0.3) is 6.08 Å². The second kappa shape index (κ2) is 8.48. The molecule has 0 saturated heterocycles. The second-order valence-electron chi connectivity index (χ2n) is 5.84. The summed E-state index contributed by atoms with van der Waals surface area (Å²) in [5.74, 6) is -2.72. The number of alkyl halides is 3. The molecule has 0 radical (unpaired) electrons. The van der Waals surface area contributed by atoms with E-state index in [0.717, 1.165) is 23.8 Å². The molecule has 3 rings (SSSR count). The first-order valence-corrected chi connectivity index (χ1v) is 8.96. The number of carboxylic acids is 1. The third kappa shape index (κ3) is 5.44. The number of rotatable bonds is 6. The first kappa shape index (κ1) is 20.6. The fourth-order valence-corrected chi connectivity index (χ4v) is 2.74. The van der Waals surface area contributed by atoms with Crippen molar-refractivity contribution in [2.24, 2.45) is 0 Å². The maximum Gasteiger partial charge on any atom is 0.449 e. The van der Waals surface area contributed by atoms with Crippen LogP contribution < -0.4 is 5.32 Å². The van der Waals surface area contributed by atoms with Gasteiger partial charge in [0.15, 0.2) is 5.82 Å². The van der Waals surface area contributed by atoms with Crippen LogP contribution in [0.1, 0.15) is 22.8 Å². The van der Waals surface area contributed by atoms with E-state index >= 15 is 0 Å². The summed E-state index contributed by atoms with van der Waals surface area (Å²) in [5, 5.41) is 12.1. The van der Waals surface area contributed by atoms with E-state index in [1.165, 1.54) is 6.20 Å². The molecule has 150 valence electrons. The van der Waals surface area contributed by atoms with E-state index in [4.69, 9.17) is 0 Å². The van der Waals surface area contributed by atoms with Gasteiger partial charge in [-0.25, -0.2) is 14.8 Å². The largest absolute Gasteiger partial charge is 0.477 e. The van der Waals surface area contributed by atoms with Gasteiger partial charge in [0.05, 0.1) is 11.9 Å². The van der Waals surface area contributed by atoms with Gasteiger partial charge in [-0.05, 0) is 33.6 Å². The maximum absolute atomic E-state index is 12.7. The lowest BCUT2D eigenvalue weighted by atomic mass is 10.1. The van der Waals surface area contributed by atoms with E-state index in [9.17, 15) is 23.1 Å². The molecule has 2 heterocycles. The Bertz CT molecular complexity index is 1050. The number of aliphatic carboxylic acids is 1. The molecule has 0 saturated carbocycles. The van der Waals surface area contributed by atoms with Crippen molar-refractivity contribution in [3.8, 4) is 0 Å². The Morgan fingerprint density at radius 1 is 1.21 bits per heavy atom. The van der Waals surface area contributed by atoms with Crippen LogP contribution in [0.3, 0.4) is 0 Å². The SMILES string of the molecule is O=C(O)/C(=C/c1ccc(C(F)(F)F)o1)Nc1ncc(Br)nc1Cc1ccccc1. The fraction of sp³-hybridized carbons (Fsp3) is 0.105. The first-order valence-electron chi connectivity index (χ1n) is 8.17. The van der Waals surface area contributed by atoms with Gasteiger partial charge in [0.1, 0.15) is 16.1 Å². The number of nitrogens with one attached hydrogen (secondary N) is 1. The lowest BCUT2D eigenvalue weighted by molar-refractivity contribution is -0.153. The molecule has 0 aliphatic carbocycles. The molecule has 0 amide bonds. The Kier molecular flexibility index (Phi) is 6.02. The van der Waals surface area contributed by atoms with E-state index < -0.39 is 23.6 Å². The van der Waals surface area contributed by atoms with Crippen molar-refractivity contribution in [3.63, 3.8) is 0 Å². The van der Waals surface area contributed by atoms with Crippen molar-refractivity contribution in [2.45, 2.75) is 12.6 Å². The number of benzene rings is 1. The third-order valence-corrected chi connectivity index (χ3v) is 4.09. The Morgan fingerprint density at radius 3 is 2.55 bits per heavy atom. The van der Waals surface area contributed by atoms with Gasteiger partial charge in [0.2, 0.25) is 5.76 Å². The van der Waals surface area contributed by atoms with Crippen molar-refractivity contribution >= 4 is 33.8 Å². The van der Waals surface area contributed by atoms with Crippen molar-refractivity contribution in [1.29, 1.82) is 0 Å². The molecule has 0 unspecified atom stereocenters. The zero-order valence-electron chi connectivity index (χ0n) is 14.6. The van der Waals surface area contributed by atoms with Crippen LogP contribution in [0.2, 0.25) is 0 Å². The molecule has 10 heteroatoms. The van der Waals surface area contributed by atoms with Gasteiger partial charge in [-0.3, -0.25) is 0 Å². The quantitative estimate of drug-likeness (QED) is 0.497. The molecular formula is C19H13BrF3N3O3. The summed E-state index contributed by atoms with van der Waals surface area (Å²) in [5.41, 5.74) is 0.955. The minimum Gasteiger partial charge on any atom is -0.477 e. The van der Waals surface area contributed by atoms with Crippen LogP contribution in [0.15, 0.2) is 63.4 Å². The average Bonchev–Trinajstić information content (AvgIpc) is 3.13. The van der Waals surface area contributed by atoms with Gasteiger partial charge < -0.3 is 14.8 Å². The molecule has 1 aromatic carbocycles. The highest BCUT2D eigenvalue weighted by molar-refractivity contribution is 9.10. The van der Waals surface area contributed by atoms with E-state index in [1.54, 1.807) is 0 Å². The van der Waals surface area contributed by atoms with Crippen molar-refractivity contribution in [2.75, 3.05) is 5.32 Å². The topological polar surface area (TPSA) is 88.2 Å². The summed E-state index contributed by atoms with van der Waals surface area (Å²) in [6, 6.07) is 11.1. The van der Waals surface area contributed by atoms with Crippen molar-refractivity contribution in [3.05, 3.63) is 81.7 Å². The fourth-order valence-electron chi connectivity index (χ4n) is 2.42. The van der Waals surface area contributed by atoms with Crippen molar-refractivity contribution in [1.82, 2.24) is 9.97 Å². The highest BCUT2D eigenvalue weighted by Gasteiger charge is 2.34. The van der Waals surface area contributed by atoms with E-state index in [0.29, 0.717) is 16.7 Å². The molecule has 0 atom stereocenters. The molecule has 3 aromatic rings. The second-order valence-corrected chi connectivity index (χ2v) is 6.65. The molecule has 0 spiro atoms. The number of halogens is 4. The zero-order valence-corrected chi connectivity index (χ0v) is 16.2. The molecule has 0 aliphatic heterocycles. The van der Waals surface area contributed by atoms with Gasteiger partial charge in [0.25, 0.3) is 0 Å². The third-order valence-electron chi connectivity index (χ3n) is 3.71. The summed E-state index contributed by atoms with van der Waals surface area (Å²) < 4.78 is 43.1. The van der Waals surface area contributed by atoms with Crippen LogP contribution >= 0.6 is 15.9 Å². The first-order chi connectivity index (χ1) is 13.7. The summed E-state index contributed by atoms with van der Waals surface area (Å²) in [7, 11) is 0. The number of nitrogens with zero attached hydrogens (tertiary/aromatic N) is 2. The summed E-state index contributed by atoms with van der Waals surface area (Å²) in [6.07, 6.45) is -1.97. The lowest BCUT2D eigenvalue weighted by Crippen LogP contribution is -2.13. The van der Waals surface area contributed by atoms with E-state index in [2.05, 4.69) is 35.6 Å². The monoisotopic (exact) mass is 467 g/mol. The number of hydrogen-bond donors (Lipinski definition) is 2. The number of anilines is 1. The zero-order chi connectivity index (χ0) is 21.0. The number of carbonyl (C=O) groups is 1.